The minimum absolute atomic E-state index is 0.0563. The molecule has 78 valence electrons. The molecule has 1 unspecified atom stereocenters. The zero-order valence-electron chi connectivity index (χ0n) is 9.05. The third-order valence-electron chi connectivity index (χ3n) is 2.22. The van der Waals surface area contributed by atoms with Crippen LogP contribution in [-0.2, 0) is 4.79 Å². The van der Waals surface area contributed by atoms with E-state index in [2.05, 4.69) is 6.92 Å². The minimum atomic E-state index is -0.415. The van der Waals surface area contributed by atoms with Crippen molar-refractivity contribution in [3.8, 4) is 0 Å². The first kappa shape index (κ1) is 12.6. The van der Waals surface area contributed by atoms with Crippen molar-refractivity contribution in [1.29, 1.82) is 0 Å². The Morgan fingerprint density at radius 1 is 1.31 bits per heavy atom. The van der Waals surface area contributed by atoms with Gasteiger partial charge in [0, 0.05) is 12.3 Å². The van der Waals surface area contributed by atoms with E-state index in [1.54, 1.807) is 0 Å². The molecule has 0 fully saturated rings. The summed E-state index contributed by atoms with van der Waals surface area (Å²) in [4.78, 5) is 11.2. The Morgan fingerprint density at radius 2 is 1.92 bits per heavy atom. The largest absolute Gasteiger partial charge is 0.393 e. The van der Waals surface area contributed by atoms with Crippen LogP contribution in [0.3, 0.4) is 0 Å². The fourth-order valence-corrected chi connectivity index (χ4v) is 1.20. The summed E-state index contributed by atoms with van der Waals surface area (Å²) in [5.41, 5.74) is 0. The van der Waals surface area contributed by atoms with Crippen LogP contribution in [-0.4, -0.2) is 17.0 Å². The number of Topliss-reactive ketones (excluding diaryl/α,β-unsaturated/α-hetero) is 1. The van der Waals surface area contributed by atoms with E-state index in [0.29, 0.717) is 6.42 Å². The van der Waals surface area contributed by atoms with Crippen molar-refractivity contribution < 1.29 is 9.90 Å². The van der Waals surface area contributed by atoms with E-state index >= 15 is 0 Å². The zero-order valence-corrected chi connectivity index (χ0v) is 9.05. The Hall–Kier alpha value is -0.370. The topological polar surface area (TPSA) is 37.3 Å². The number of ketones is 1. The van der Waals surface area contributed by atoms with Gasteiger partial charge in [0.05, 0.1) is 6.10 Å². The Bertz CT molecular complexity index is 141. The van der Waals surface area contributed by atoms with Gasteiger partial charge >= 0.3 is 0 Å². The average molecular weight is 186 g/mol. The normalized spacial score (nSPS) is 13.3. The molecule has 0 aliphatic heterocycles. The van der Waals surface area contributed by atoms with Crippen LogP contribution in [0.5, 0.6) is 0 Å². The van der Waals surface area contributed by atoms with E-state index in [1.165, 1.54) is 0 Å². The van der Waals surface area contributed by atoms with Crippen LogP contribution in [0.15, 0.2) is 0 Å². The fourth-order valence-electron chi connectivity index (χ4n) is 1.20. The van der Waals surface area contributed by atoms with Crippen LogP contribution in [0.1, 0.15) is 52.9 Å². The van der Waals surface area contributed by atoms with Crippen molar-refractivity contribution in [2.75, 3.05) is 0 Å². The van der Waals surface area contributed by atoms with Crippen LogP contribution in [0, 0.1) is 5.92 Å². The van der Waals surface area contributed by atoms with Gasteiger partial charge in [-0.3, -0.25) is 4.79 Å². The molecular formula is C11H22O2. The first-order valence-corrected chi connectivity index (χ1v) is 5.28. The molecule has 0 aromatic heterocycles. The van der Waals surface area contributed by atoms with Gasteiger partial charge in [-0.25, -0.2) is 0 Å². The molecule has 0 saturated heterocycles. The quantitative estimate of drug-likeness (QED) is 0.620. The molecule has 0 aromatic carbocycles. The number of rotatable bonds is 7. The second-order valence-electron chi connectivity index (χ2n) is 3.97. The van der Waals surface area contributed by atoms with Crippen molar-refractivity contribution >= 4 is 5.78 Å². The SMILES string of the molecule is CCCCCC(O)CC(=O)C(C)C. The van der Waals surface area contributed by atoms with Gasteiger partial charge in [-0.1, -0.05) is 40.0 Å². The summed E-state index contributed by atoms with van der Waals surface area (Å²) < 4.78 is 0. The number of hydrogen-bond donors (Lipinski definition) is 1. The van der Waals surface area contributed by atoms with E-state index in [9.17, 15) is 9.90 Å². The molecule has 2 nitrogen and oxygen atoms in total. The molecule has 0 aliphatic carbocycles. The van der Waals surface area contributed by atoms with Crippen molar-refractivity contribution in [3.63, 3.8) is 0 Å². The fraction of sp³-hybridized carbons (Fsp3) is 0.909. The highest BCUT2D eigenvalue weighted by Crippen LogP contribution is 2.09. The smallest absolute Gasteiger partial charge is 0.137 e. The Morgan fingerprint density at radius 3 is 2.38 bits per heavy atom. The molecule has 0 heterocycles. The van der Waals surface area contributed by atoms with Crippen LogP contribution in [0.25, 0.3) is 0 Å². The predicted octanol–water partition coefficient (Wildman–Crippen LogP) is 2.54. The maximum Gasteiger partial charge on any atom is 0.137 e. The number of carbonyl (C=O) groups is 1. The molecule has 0 radical (unpaired) electrons. The van der Waals surface area contributed by atoms with Gasteiger partial charge in [0.1, 0.15) is 5.78 Å². The van der Waals surface area contributed by atoms with Gasteiger partial charge < -0.3 is 5.11 Å². The molecule has 0 bridgehead atoms. The van der Waals surface area contributed by atoms with E-state index in [1.807, 2.05) is 13.8 Å². The number of carbonyl (C=O) groups excluding carboxylic acids is 1. The number of unbranched alkanes of at least 4 members (excludes halogenated alkanes) is 2. The average Bonchev–Trinajstić information content (AvgIpc) is 2.04. The van der Waals surface area contributed by atoms with Gasteiger partial charge in [0.15, 0.2) is 0 Å². The molecule has 0 aromatic rings. The predicted molar refractivity (Wildman–Crippen MR) is 54.6 cm³/mol. The molecule has 2 heteroatoms. The lowest BCUT2D eigenvalue weighted by molar-refractivity contribution is -0.123. The summed E-state index contributed by atoms with van der Waals surface area (Å²) in [6.45, 7) is 5.88. The number of aliphatic hydroxyl groups excluding tert-OH is 1. The van der Waals surface area contributed by atoms with Crippen molar-refractivity contribution in [1.82, 2.24) is 0 Å². The van der Waals surface area contributed by atoms with Gasteiger partial charge in [-0.05, 0) is 6.42 Å². The first-order valence-electron chi connectivity index (χ1n) is 5.28. The lowest BCUT2D eigenvalue weighted by atomic mass is 10.00. The molecule has 1 N–H and O–H groups in total. The molecule has 0 rings (SSSR count). The van der Waals surface area contributed by atoms with Crippen molar-refractivity contribution in [3.05, 3.63) is 0 Å². The molecule has 0 spiro atoms. The Balaban J connectivity index is 3.50. The number of hydrogen-bond acceptors (Lipinski definition) is 2. The highest BCUT2D eigenvalue weighted by Gasteiger charge is 2.12. The highest BCUT2D eigenvalue weighted by molar-refractivity contribution is 5.80. The second kappa shape index (κ2) is 7.07. The third-order valence-corrected chi connectivity index (χ3v) is 2.22. The lowest BCUT2D eigenvalue weighted by Gasteiger charge is -2.10. The number of aliphatic hydroxyl groups is 1. The third kappa shape index (κ3) is 6.76. The van der Waals surface area contributed by atoms with Crippen LogP contribution < -0.4 is 0 Å². The summed E-state index contributed by atoms with van der Waals surface area (Å²) in [7, 11) is 0. The van der Waals surface area contributed by atoms with Crippen LogP contribution in [0.2, 0.25) is 0 Å². The molecule has 0 saturated carbocycles. The van der Waals surface area contributed by atoms with E-state index in [0.717, 1.165) is 25.7 Å². The summed E-state index contributed by atoms with van der Waals surface area (Å²) >= 11 is 0. The monoisotopic (exact) mass is 186 g/mol. The highest BCUT2D eigenvalue weighted by atomic mass is 16.3. The molecular weight excluding hydrogens is 164 g/mol. The summed E-state index contributed by atoms with van der Waals surface area (Å²) in [5.74, 6) is 0.227. The van der Waals surface area contributed by atoms with Crippen molar-refractivity contribution in [2.24, 2.45) is 5.92 Å². The van der Waals surface area contributed by atoms with Crippen LogP contribution >= 0.6 is 0 Å². The van der Waals surface area contributed by atoms with E-state index in [4.69, 9.17) is 0 Å². The summed E-state index contributed by atoms with van der Waals surface area (Å²) in [6, 6.07) is 0. The van der Waals surface area contributed by atoms with Gasteiger partial charge in [0.25, 0.3) is 0 Å². The maximum absolute atomic E-state index is 11.2. The summed E-state index contributed by atoms with van der Waals surface area (Å²) in [6.07, 6.45) is 4.02. The van der Waals surface area contributed by atoms with Gasteiger partial charge in [0.2, 0.25) is 0 Å². The summed E-state index contributed by atoms with van der Waals surface area (Å²) in [5, 5.41) is 9.47. The zero-order chi connectivity index (χ0) is 10.3. The Kier molecular flexibility index (Phi) is 6.87. The second-order valence-corrected chi connectivity index (χ2v) is 3.97. The van der Waals surface area contributed by atoms with Crippen molar-refractivity contribution in [2.45, 2.75) is 59.0 Å². The molecule has 0 aliphatic rings. The lowest BCUT2D eigenvalue weighted by Crippen LogP contribution is -2.17. The van der Waals surface area contributed by atoms with Gasteiger partial charge in [-0.15, -0.1) is 0 Å². The van der Waals surface area contributed by atoms with Crippen LogP contribution in [0.4, 0.5) is 0 Å². The first-order chi connectivity index (χ1) is 6.07. The molecule has 0 amide bonds. The maximum atomic E-state index is 11.2. The van der Waals surface area contributed by atoms with E-state index < -0.39 is 6.10 Å². The molecule has 1 atom stereocenters. The van der Waals surface area contributed by atoms with Gasteiger partial charge in [-0.2, -0.15) is 0 Å². The van der Waals surface area contributed by atoms with E-state index in [-0.39, 0.29) is 11.7 Å². The molecule has 13 heavy (non-hydrogen) atoms. The Labute approximate surface area is 81.3 Å². The minimum Gasteiger partial charge on any atom is -0.393 e. The standard InChI is InChI=1S/C11H22O2/c1-4-5-6-7-10(12)8-11(13)9(2)3/h9-10,12H,4-8H2,1-3H3.